The molecule has 3 rings (SSSR count). The maximum atomic E-state index is 5.89. The molecule has 0 aliphatic heterocycles. The van der Waals surface area contributed by atoms with Gasteiger partial charge in [0.2, 0.25) is 5.88 Å². The lowest BCUT2D eigenvalue weighted by Crippen LogP contribution is -1.99. The summed E-state index contributed by atoms with van der Waals surface area (Å²) >= 11 is 0. The monoisotopic (exact) mass is 279 g/mol. The number of benzene rings is 1. The van der Waals surface area contributed by atoms with E-state index in [1.54, 1.807) is 0 Å². The molecule has 0 spiro atoms. The van der Waals surface area contributed by atoms with Crippen molar-refractivity contribution < 1.29 is 4.74 Å². The molecule has 0 radical (unpaired) electrons. The third-order valence-electron chi connectivity index (χ3n) is 3.23. The fourth-order valence-electron chi connectivity index (χ4n) is 2.30. The summed E-state index contributed by atoms with van der Waals surface area (Å²) in [7, 11) is 0. The van der Waals surface area contributed by atoms with Gasteiger partial charge < -0.3 is 9.72 Å². The van der Waals surface area contributed by atoms with Crippen molar-refractivity contribution in [3.63, 3.8) is 0 Å². The number of ether oxygens (including phenoxy) is 1. The van der Waals surface area contributed by atoms with Crippen molar-refractivity contribution >= 4 is 11.0 Å². The number of aromatic nitrogens is 3. The molecule has 4 heteroatoms. The van der Waals surface area contributed by atoms with Crippen LogP contribution in [0.1, 0.15) is 18.1 Å². The predicted octanol–water partition coefficient (Wildman–Crippen LogP) is 3.66. The van der Waals surface area contributed by atoms with Gasteiger partial charge in [-0.3, -0.25) is 0 Å². The van der Waals surface area contributed by atoms with E-state index in [-0.39, 0.29) is 0 Å². The molecule has 106 valence electrons. The van der Waals surface area contributed by atoms with Gasteiger partial charge in [-0.2, -0.15) is 0 Å². The molecule has 0 atom stereocenters. The third-order valence-corrected chi connectivity index (χ3v) is 3.23. The number of fused-ring (bicyclic) bond motifs is 1. The zero-order chi connectivity index (χ0) is 14.7. The highest BCUT2D eigenvalue weighted by molar-refractivity contribution is 5.84. The molecule has 0 aliphatic carbocycles. The largest absolute Gasteiger partial charge is 0.472 e. The van der Waals surface area contributed by atoms with Crippen molar-refractivity contribution in [3.05, 3.63) is 66.1 Å². The number of hydrogen-bond donors (Lipinski definition) is 1. The average molecular weight is 279 g/mol. The van der Waals surface area contributed by atoms with Crippen LogP contribution in [0.3, 0.4) is 0 Å². The Morgan fingerprint density at radius 2 is 2.05 bits per heavy atom. The molecule has 0 saturated carbocycles. The van der Waals surface area contributed by atoms with E-state index in [1.165, 1.54) is 6.33 Å². The summed E-state index contributed by atoms with van der Waals surface area (Å²) in [6.07, 6.45) is 4.25. The summed E-state index contributed by atoms with van der Waals surface area (Å²) in [5.74, 6) is 0.612. The summed E-state index contributed by atoms with van der Waals surface area (Å²) in [6.45, 7) is 6.46. The first-order valence-corrected chi connectivity index (χ1v) is 6.86. The Labute approximate surface area is 123 Å². The Balaban J connectivity index is 1.90. The van der Waals surface area contributed by atoms with Crippen molar-refractivity contribution in [1.29, 1.82) is 0 Å². The van der Waals surface area contributed by atoms with Crippen LogP contribution in [-0.4, -0.2) is 15.0 Å². The molecule has 3 aromatic rings. The normalized spacial score (nSPS) is 10.7. The van der Waals surface area contributed by atoms with E-state index < -0.39 is 0 Å². The lowest BCUT2D eigenvalue weighted by molar-refractivity contribution is 0.297. The zero-order valence-electron chi connectivity index (χ0n) is 12.0. The Morgan fingerprint density at radius 3 is 2.81 bits per heavy atom. The van der Waals surface area contributed by atoms with Gasteiger partial charge in [0.25, 0.3) is 0 Å². The highest BCUT2D eigenvalue weighted by atomic mass is 16.5. The number of aromatic amines is 1. The van der Waals surface area contributed by atoms with E-state index in [4.69, 9.17) is 4.74 Å². The third kappa shape index (κ3) is 2.94. The number of H-pyrrole nitrogens is 1. The average Bonchev–Trinajstić information content (AvgIpc) is 2.89. The first kappa shape index (κ1) is 13.4. The number of hydrogen-bond acceptors (Lipinski definition) is 3. The Hall–Kier alpha value is -2.62. The molecule has 1 aromatic carbocycles. The maximum Gasteiger partial charge on any atom is 0.226 e. The van der Waals surface area contributed by atoms with Gasteiger partial charge in [0.15, 0.2) is 0 Å². The highest BCUT2D eigenvalue weighted by Crippen LogP contribution is 2.27. The van der Waals surface area contributed by atoms with Crippen LogP contribution in [-0.2, 0) is 13.0 Å². The van der Waals surface area contributed by atoms with E-state index >= 15 is 0 Å². The fourth-order valence-corrected chi connectivity index (χ4v) is 2.30. The molecule has 21 heavy (non-hydrogen) atoms. The Bertz CT molecular complexity index is 762. The fraction of sp³-hybridized carbons (Fsp3) is 0.176. The SMILES string of the molecule is C=C(C)Cc1c[nH]c2ncnc(OCc3ccccc3)c12. The van der Waals surface area contributed by atoms with Gasteiger partial charge in [-0.1, -0.05) is 42.5 Å². The van der Waals surface area contributed by atoms with Crippen LogP contribution in [0.15, 0.2) is 55.0 Å². The van der Waals surface area contributed by atoms with Crippen LogP contribution in [0, 0.1) is 0 Å². The van der Waals surface area contributed by atoms with Crippen molar-refractivity contribution in [2.45, 2.75) is 20.0 Å². The van der Waals surface area contributed by atoms with Gasteiger partial charge in [0.1, 0.15) is 18.6 Å². The van der Waals surface area contributed by atoms with Crippen LogP contribution in [0.25, 0.3) is 11.0 Å². The van der Waals surface area contributed by atoms with Gasteiger partial charge in [0.05, 0.1) is 5.39 Å². The molecule has 2 heterocycles. The van der Waals surface area contributed by atoms with Crippen molar-refractivity contribution in [2.75, 3.05) is 0 Å². The summed E-state index contributed by atoms with van der Waals surface area (Å²) < 4.78 is 5.89. The molecule has 2 aromatic heterocycles. The van der Waals surface area contributed by atoms with Crippen molar-refractivity contribution in [2.24, 2.45) is 0 Å². The maximum absolute atomic E-state index is 5.89. The molecule has 4 nitrogen and oxygen atoms in total. The number of nitrogens with one attached hydrogen (secondary N) is 1. The van der Waals surface area contributed by atoms with Crippen LogP contribution in [0.5, 0.6) is 5.88 Å². The molecule has 0 aliphatic rings. The molecule has 0 saturated heterocycles. The second-order valence-electron chi connectivity index (χ2n) is 5.12. The smallest absolute Gasteiger partial charge is 0.226 e. The first-order chi connectivity index (χ1) is 10.2. The number of allylic oxidation sites excluding steroid dienone is 1. The number of rotatable bonds is 5. The van der Waals surface area contributed by atoms with E-state index in [0.717, 1.165) is 34.2 Å². The lowest BCUT2D eigenvalue weighted by atomic mass is 10.1. The van der Waals surface area contributed by atoms with Crippen LogP contribution in [0.2, 0.25) is 0 Å². The first-order valence-electron chi connectivity index (χ1n) is 6.86. The summed E-state index contributed by atoms with van der Waals surface area (Å²) in [4.78, 5) is 11.7. The number of nitrogens with zero attached hydrogens (tertiary/aromatic N) is 2. The molecule has 0 bridgehead atoms. The van der Waals surface area contributed by atoms with Gasteiger partial charge in [-0.05, 0) is 24.5 Å². The van der Waals surface area contributed by atoms with E-state index in [0.29, 0.717) is 12.5 Å². The van der Waals surface area contributed by atoms with Gasteiger partial charge in [0, 0.05) is 6.20 Å². The van der Waals surface area contributed by atoms with E-state index in [2.05, 4.69) is 21.5 Å². The second kappa shape index (κ2) is 5.79. The van der Waals surface area contributed by atoms with Crippen LogP contribution >= 0.6 is 0 Å². The Kier molecular flexibility index (Phi) is 3.69. The predicted molar refractivity (Wildman–Crippen MR) is 83.2 cm³/mol. The van der Waals surface area contributed by atoms with Gasteiger partial charge in [-0.15, -0.1) is 0 Å². The van der Waals surface area contributed by atoms with Gasteiger partial charge in [-0.25, -0.2) is 9.97 Å². The van der Waals surface area contributed by atoms with Gasteiger partial charge >= 0.3 is 0 Å². The molecular weight excluding hydrogens is 262 g/mol. The highest BCUT2D eigenvalue weighted by Gasteiger charge is 2.12. The van der Waals surface area contributed by atoms with Crippen molar-refractivity contribution in [1.82, 2.24) is 15.0 Å². The Morgan fingerprint density at radius 1 is 1.24 bits per heavy atom. The molecular formula is C17H17N3O. The second-order valence-corrected chi connectivity index (χ2v) is 5.12. The minimum atomic E-state index is 0.491. The molecule has 0 unspecified atom stereocenters. The summed E-state index contributed by atoms with van der Waals surface area (Å²) in [5.41, 5.74) is 4.11. The van der Waals surface area contributed by atoms with Crippen LogP contribution < -0.4 is 4.74 Å². The van der Waals surface area contributed by atoms with Crippen molar-refractivity contribution in [3.8, 4) is 5.88 Å². The summed E-state index contributed by atoms with van der Waals surface area (Å²) in [5, 5.41) is 0.941. The lowest BCUT2D eigenvalue weighted by Gasteiger charge is -2.07. The van der Waals surface area contributed by atoms with Crippen LogP contribution in [0.4, 0.5) is 0 Å². The molecule has 0 amide bonds. The standard InChI is InChI=1S/C17H17N3O/c1-12(2)8-14-9-18-16-15(14)17(20-11-19-16)21-10-13-6-4-3-5-7-13/h3-7,9,11H,1,8,10H2,2H3,(H,18,19,20). The molecule has 1 N–H and O–H groups in total. The zero-order valence-corrected chi connectivity index (χ0v) is 12.0. The van der Waals surface area contributed by atoms with E-state index in [9.17, 15) is 0 Å². The summed E-state index contributed by atoms with van der Waals surface area (Å²) in [6, 6.07) is 10.0. The minimum Gasteiger partial charge on any atom is -0.472 e. The molecule has 0 fully saturated rings. The quantitative estimate of drug-likeness (QED) is 0.725. The topological polar surface area (TPSA) is 50.8 Å². The minimum absolute atomic E-state index is 0.491. The van der Waals surface area contributed by atoms with E-state index in [1.807, 2.05) is 43.5 Å².